The number of carbonyl (C=O) groups excluding carboxylic acids is 1. The van der Waals surface area contributed by atoms with Gasteiger partial charge >= 0.3 is 0 Å². The fourth-order valence-corrected chi connectivity index (χ4v) is 2.68. The Kier molecular flexibility index (Phi) is 4.37. The molecule has 1 unspecified atom stereocenters. The average Bonchev–Trinajstić information content (AvgIpc) is 2.39. The van der Waals surface area contributed by atoms with Gasteiger partial charge in [0.25, 0.3) is 5.91 Å². The van der Waals surface area contributed by atoms with E-state index in [1.165, 1.54) is 6.42 Å². The highest BCUT2D eigenvalue weighted by Gasteiger charge is 2.23. The standard InChI is InChI=1S/C15H22N2O/c1-12-4-2-6-14(10-12)15(18)17-9-3-5-13(11-17)7-8-16/h2,4,6,10,13H,3,5,7-9,11,16H2,1H3. The van der Waals surface area contributed by atoms with Crippen LogP contribution in [0.3, 0.4) is 0 Å². The molecule has 1 aromatic carbocycles. The summed E-state index contributed by atoms with van der Waals surface area (Å²) in [6.45, 7) is 4.49. The molecule has 3 heteroatoms. The number of piperidine rings is 1. The predicted octanol–water partition coefficient (Wildman–Crippen LogP) is 2.20. The maximum atomic E-state index is 12.4. The maximum absolute atomic E-state index is 12.4. The summed E-state index contributed by atoms with van der Waals surface area (Å²) in [4.78, 5) is 14.4. The van der Waals surface area contributed by atoms with E-state index in [-0.39, 0.29) is 5.91 Å². The normalized spacial score (nSPS) is 19.9. The summed E-state index contributed by atoms with van der Waals surface area (Å²) >= 11 is 0. The molecule has 1 heterocycles. The summed E-state index contributed by atoms with van der Waals surface area (Å²) in [5, 5.41) is 0. The van der Waals surface area contributed by atoms with Crippen LogP contribution in [0.5, 0.6) is 0 Å². The molecule has 0 spiro atoms. The van der Waals surface area contributed by atoms with Crippen LogP contribution < -0.4 is 5.73 Å². The van der Waals surface area contributed by atoms with Crippen LogP contribution in [-0.2, 0) is 0 Å². The quantitative estimate of drug-likeness (QED) is 0.888. The molecule has 0 radical (unpaired) electrons. The van der Waals surface area contributed by atoms with Gasteiger partial charge in [0.15, 0.2) is 0 Å². The number of hydrogen-bond donors (Lipinski definition) is 1. The molecule has 1 saturated heterocycles. The molecule has 0 aromatic heterocycles. The van der Waals surface area contributed by atoms with Crippen molar-refractivity contribution in [3.05, 3.63) is 35.4 Å². The van der Waals surface area contributed by atoms with E-state index >= 15 is 0 Å². The summed E-state index contributed by atoms with van der Waals surface area (Å²) in [6, 6.07) is 7.84. The minimum absolute atomic E-state index is 0.167. The zero-order chi connectivity index (χ0) is 13.0. The lowest BCUT2D eigenvalue weighted by atomic mass is 9.94. The number of amides is 1. The first-order chi connectivity index (χ1) is 8.70. The molecule has 1 aliphatic rings. The topological polar surface area (TPSA) is 46.3 Å². The number of benzene rings is 1. The highest BCUT2D eigenvalue weighted by Crippen LogP contribution is 2.21. The largest absolute Gasteiger partial charge is 0.338 e. The Hall–Kier alpha value is -1.35. The average molecular weight is 246 g/mol. The van der Waals surface area contributed by atoms with Gasteiger partial charge in [-0.1, -0.05) is 17.7 Å². The monoisotopic (exact) mass is 246 g/mol. The fraction of sp³-hybridized carbons (Fsp3) is 0.533. The van der Waals surface area contributed by atoms with Gasteiger partial charge in [0.2, 0.25) is 0 Å². The molecule has 1 fully saturated rings. The van der Waals surface area contributed by atoms with Crippen LogP contribution in [0.25, 0.3) is 0 Å². The number of aryl methyl sites for hydroxylation is 1. The van der Waals surface area contributed by atoms with Gasteiger partial charge in [0.1, 0.15) is 0 Å². The Bertz CT molecular complexity index is 415. The van der Waals surface area contributed by atoms with Crippen LogP contribution in [0.4, 0.5) is 0 Å². The van der Waals surface area contributed by atoms with Crippen molar-refractivity contribution in [2.45, 2.75) is 26.2 Å². The third-order valence-corrected chi connectivity index (χ3v) is 3.65. The number of nitrogens with two attached hydrogens (primary N) is 1. The second-order valence-electron chi connectivity index (χ2n) is 5.21. The van der Waals surface area contributed by atoms with Crippen LogP contribution in [0.2, 0.25) is 0 Å². The van der Waals surface area contributed by atoms with Gasteiger partial charge in [0.05, 0.1) is 0 Å². The summed E-state index contributed by atoms with van der Waals surface area (Å²) in [7, 11) is 0. The van der Waals surface area contributed by atoms with Gasteiger partial charge < -0.3 is 10.6 Å². The molecular weight excluding hydrogens is 224 g/mol. The maximum Gasteiger partial charge on any atom is 0.253 e. The van der Waals surface area contributed by atoms with E-state index in [2.05, 4.69) is 0 Å². The Labute approximate surface area is 109 Å². The molecule has 0 bridgehead atoms. The van der Waals surface area contributed by atoms with Gasteiger partial charge in [-0.3, -0.25) is 4.79 Å². The molecule has 2 rings (SSSR count). The summed E-state index contributed by atoms with van der Waals surface area (Å²) < 4.78 is 0. The Morgan fingerprint density at radius 1 is 1.50 bits per heavy atom. The van der Waals surface area contributed by atoms with Crippen molar-refractivity contribution in [2.24, 2.45) is 11.7 Å². The van der Waals surface area contributed by atoms with Crippen LogP contribution in [0.1, 0.15) is 35.2 Å². The van der Waals surface area contributed by atoms with Crippen LogP contribution in [0, 0.1) is 12.8 Å². The number of carbonyl (C=O) groups is 1. The van der Waals surface area contributed by atoms with Gasteiger partial charge in [-0.2, -0.15) is 0 Å². The van der Waals surface area contributed by atoms with Crippen LogP contribution >= 0.6 is 0 Å². The van der Waals surface area contributed by atoms with Crippen molar-refractivity contribution < 1.29 is 4.79 Å². The summed E-state index contributed by atoms with van der Waals surface area (Å²) in [5.41, 5.74) is 7.55. The predicted molar refractivity (Wildman–Crippen MR) is 73.5 cm³/mol. The second-order valence-corrected chi connectivity index (χ2v) is 5.21. The third-order valence-electron chi connectivity index (χ3n) is 3.65. The van der Waals surface area contributed by atoms with Crippen molar-refractivity contribution in [3.63, 3.8) is 0 Å². The van der Waals surface area contributed by atoms with Gasteiger partial charge in [-0.15, -0.1) is 0 Å². The third kappa shape index (κ3) is 3.10. The minimum atomic E-state index is 0.167. The smallest absolute Gasteiger partial charge is 0.253 e. The number of hydrogen-bond acceptors (Lipinski definition) is 2. The summed E-state index contributed by atoms with van der Waals surface area (Å²) in [5.74, 6) is 0.748. The first kappa shape index (κ1) is 13.1. The fourth-order valence-electron chi connectivity index (χ4n) is 2.68. The molecular formula is C15H22N2O. The van der Waals surface area contributed by atoms with E-state index in [1.54, 1.807) is 0 Å². The van der Waals surface area contributed by atoms with Gasteiger partial charge in [0, 0.05) is 18.7 Å². The molecule has 3 nitrogen and oxygen atoms in total. The lowest BCUT2D eigenvalue weighted by Crippen LogP contribution is -2.40. The van der Waals surface area contributed by atoms with E-state index in [4.69, 9.17) is 5.73 Å². The Morgan fingerprint density at radius 3 is 3.06 bits per heavy atom. The minimum Gasteiger partial charge on any atom is -0.338 e. The molecule has 98 valence electrons. The molecule has 2 N–H and O–H groups in total. The Morgan fingerprint density at radius 2 is 2.33 bits per heavy atom. The zero-order valence-corrected chi connectivity index (χ0v) is 11.1. The van der Waals surface area contributed by atoms with E-state index in [9.17, 15) is 4.79 Å². The van der Waals surface area contributed by atoms with Crippen molar-refractivity contribution in [1.29, 1.82) is 0 Å². The SMILES string of the molecule is Cc1cccc(C(=O)N2CCCC(CCN)C2)c1. The van der Waals surface area contributed by atoms with E-state index in [1.807, 2.05) is 36.1 Å². The number of nitrogens with zero attached hydrogens (tertiary/aromatic N) is 1. The van der Waals surface area contributed by atoms with Crippen molar-refractivity contribution in [1.82, 2.24) is 4.90 Å². The number of rotatable bonds is 3. The molecule has 1 aromatic rings. The summed E-state index contributed by atoms with van der Waals surface area (Å²) in [6.07, 6.45) is 3.33. The molecule has 1 amide bonds. The van der Waals surface area contributed by atoms with E-state index in [0.717, 1.165) is 43.6 Å². The molecule has 18 heavy (non-hydrogen) atoms. The molecule has 0 aliphatic carbocycles. The lowest BCUT2D eigenvalue weighted by Gasteiger charge is -2.32. The van der Waals surface area contributed by atoms with Crippen molar-refractivity contribution >= 4 is 5.91 Å². The van der Waals surface area contributed by atoms with Crippen LogP contribution in [-0.4, -0.2) is 30.4 Å². The molecule has 0 saturated carbocycles. The zero-order valence-electron chi connectivity index (χ0n) is 11.1. The van der Waals surface area contributed by atoms with Crippen LogP contribution in [0.15, 0.2) is 24.3 Å². The van der Waals surface area contributed by atoms with Gasteiger partial charge in [-0.05, 0) is 50.8 Å². The first-order valence-electron chi connectivity index (χ1n) is 6.76. The highest BCUT2D eigenvalue weighted by atomic mass is 16.2. The van der Waals surface area contributed by atoms with E-state index in [0.29, 0.717) is 5.92 Å². The first-order valence-corrected chi connectivity index (χ1v) is 6.76. The Balaban J connectivity index is 2.04. The number of likely N-dealkylation sites (tertiary alicyclic amines) is 1. The van der Waals surface area contributed by atoms with Gasteiger partial charge in [-0.25, -0.2) is 0 Å². The second kappa shape index (κ2) is 6.01. The van der Waals surface area contributed by atoms with Crippen molar-refractivity contribution in [2.75, 3.05) is 19.6 Å². The van der Waals surface area contributed by atoms with E-state index < -0.39 is 0 Å². The highest BCUT2D eigenvalue weighted by molar-refractivity contribution is 5.94. The molecule has 1 atom stereocenters. The molecule has 1 aliphatic heterocycles. The lowest BCUT2D eigenvalue weighted by molar-refractivity contribution is 0.0669. The van der Waals surface area contributed by atoms with Crippen molar-refractivity contribution in [3.8, 4) is 0 Å².